The van der Waals surface area contributed by atoms with Crippen LogP contribution in [0.5, 0.6) is 0 Å². The zero-order valence-corrected chi connectivity index (χ0v) is 14.0. The quantitative estimate of drug-likeness (QED) is 0.379. The fourth-order valence-electron chi connectivity index (χ4n) is 2.17. The van der Waals surface area contributed by atoms with Gasteiger partial charge in [-0.1, -0.05) is 48.0 Å². The number of nitrogens with zero attached hydrogens (tertiary/aromatic N) is 2. The minimum Gasteiger partial charge on any atom is -0.345 e. The van der Waals surface area contributed by atoms with Crippen LogP contribution in [0, 0.1) is 21.4 Å². The molecule has 0 aliphatic carbocycles. The summed E-state index contributed by atoms with van der Waals surface area (Å²) in [5, 5.41) is 22.9. The highest BCUT2D eigenvalue weighted by Crippen LogP contribution is 2.26. The molecule has 0 aliphatic heterocycles. The molecular weight excluding hydrogens is 342 g/mol. The average molecular weight is 356 g/mol. The van der Waals surface area contributed by atoms with Crippen LogP contribution in [0.15, 0.2) is 54.1 Å². The summed E-state index contributed by atoms with van der Waals surface area (Å²) in [4.78, 5) is 22.6. The Balaban J connectivity index is 2.23. The minimum absolute atomic E-state index is 0.0113. The molecule has 0 aromatic heterocycles. The van der Waals surface area contributed by atoms with Gasteiger partial charge >= 0.3 is 0 Å². The van der Waals surface area contributed by atoms with Gasteiger partial charge in [-0.25, -0.2) is 0 Å². The van der Waals surface area contributed by atoms with Gasteiger partial charge in [0.15, 0.2) is 0 Å². The third kappa shape index (κ3) is 4.66. The van der Waals surface area contributed by atoms with Gasteiger partial charge in [0.25, 0.3) is 11.6 Å². The molecule has 1 N–H and O–H groups in total. The molecule has 25 heavy (non-hydrogen) atoms. The number of carbonyl (C=O) groups is 1. The number of carbonyl (C=O) groups excluding carboxylic acids is 1. The van der Waals surface area contributed by atoms with Crippen molar-refractivity contribution in [2.45, 2.75) is 13.0 Å². The van der Waals surface area contributed by atoms with E-state index in [9.17, 15) is 20.2 Å². The molecule has 1 amide bonds. The van der Waals surface area contributed by atoms with Crippen LogP contribution in [-0.2, 0) is 4.79 Å². The van der Waals surface area contributed by atoms with Crippen molar-refractivity contribution in [3.63, 3.8) is 0 Å². The number of halogens is 1. The molecule has 0 heterocycles. The van der Waals surface area contributed by atoms with E-state index in [-0.39, 0.29) is 22.3 Å². The molecule has 1 atom stereocenters. The molecule has 0 saturated carbocycles. The van der Waals surface area contributed by atoms with Crippen molar-refractivity contribution < 1.29 is 9.72 Å². The van der Waals surface area contributed by atoms with Crippen LogP contribution < -0.4 is 5.32 Å². The second kappa shape index (κ2) is 8.08. The molecule has 0 radical (unpaired) electrons. The summed E-state index contributed by atoms with van der Waals surface area (Å²) in [5.41, 5.74) is 0.801. The van der Waals surface area contributed by atoms with Gasteiger partial charge in [-0.15, -0.1) is 0 Å². The highest BCUT2D eigenvalue weighted by Gasteiger charge is 2.16. The molecule has 0 saturated heterocycles. The van der Waals surface area contributed by atoms with Crippen molar-refractivity contribution in [3.8, 4) is 6.07 Å². The first-order valence-electron chi connectivity index (χ1n) is 7.34. The maximum Gasteiger partial charge on any atom is 0.288 e. The first kappa shape index (κ1) is 18.2. The molecule has 0 aliphatic rings. The Hall–Kier alpha value is -3.17. The molecule has 0 fully saturated rings. The van der Waals surface area contributed by atoms with Crippen molar-refractivity contribution in [3.05, 3.63) is 80.4 Å². The van der Waals surface area contributed by atoms with Crippen LogP contribution in [0.1, 0.15) is 24.1 Å². The van der Waals surface area contributed by atoms with E-state index in [4.69, 9.17) is 11.6 Å². The van der Waals surface area contributed by atoms with Crippen LogP contribution in [0.4, 0.5) is 5.69 Å². The Bertz CT molecular complexity index is 873. The normalized spacial score (nSPS) is 12.1. The van der Waals surface area contributed by atoms with Gasteiger partial charge < -0.3 is 5.32 Å². The summed E-state index contributed by atoms with van der Waals surface area (Å²) in [5.74, 6) is -0.559. The lowest BCUT2D eigenvalue weighted by Gasteiger charge is -2.13. The Morgan fingerprint density at radius 1 is 1.32 bits per heavy atom. The van der Waals surface area contributed by atoms with Gasteiger partial charge in [0.05, 0.1) is 11.0 Å². The number of nitriles is 1. The first-order chi connectivity index (χ1) is 11.9. The Kier molecular flexibility index (Phi) is 5.88. The largest absolute Gasteiger partial charge is 0.345 e. The minimum atomic E-state index is -0.622. The monoisotopic (exact) mass is 355 g/mol. The SMILES string of the molecule is C[C@H](NC(=O)/C(C#N)=C/c1ccc(Cl)c([N+](=O)[O-])c1)c1ccccc1. The fourth-order valence-corrected chi connectivity index (χ4v) is 2.36. The lowest BCUT2D eigenvalue weighted by molar-refractivity contribution is -0.384. The second-order valence-electron chi connectivity index (χ2n) is 5.24. The number of amides is 1. The summed E-state index contributed by atoms with van der Waals surface area (Å²) >= 11 is 5.75. The lowest BCUT2D eigenvalue weighted by atomic mass is 10.1. The molecule has 6 nitrogen and oxygen atoms in total. The molecule has 2 aromatic rings. The maximum atomic E-state index is 12.3. The van der Waals surface area contributed by atoms with Gasteiger partial charge in [-0.05, 0) is 30.2 Å². The number of benzene rings is 2. The smallest absolute Gasteiger partial charge is 0.288 e. The second-order valence-corrected chi connectivity index (χ2v) is 5.65. The van der Waals surface area contributed by atoms with Crippen LogP contribution in [0.2, 0.25) is 5.02 Å². The van der Waals surface area contributed by atoms with E-state index in [1.807, 2.05) is 36.4 Å². The van der Waals surface area contributed by atoms with Gasteiger partial charge in [0, 0.05) is 6.07 Å². The van der Waals surface area contributed by atoms with E-state index in [2.05, 4.69) is 5.32 Å². The predicted octanol–water partition coefficient (Wildman–Crippen LogP) is 4.03. The van der Waals surface area contributed by atoms with Gasteiger partial charge in [-0.2, -0.15) is 5.26 Å². The first-order valence-corrected chi connectivity index (χ1v) is 7.71. The van der Waals surface area contributed by atoms with Crippen molar-refractivity contribution in [1.82, 2.24) is 5.32 Å². The van der Waals surface area contributed by atoms with Crippen molar-refractivity contribution >= 4 is 29.3 Å². The molecular formula is C18H14ClN3O3. The van der Waals surface area contributed by atoms with E-state index < -0.39 is 10.8 Å². The lowest BCUT2D eigenvalue weighted by Crippen LogP contribution is -2.27. The van der Waals surface area contributed by atoms with E-state index >= 15 is 0 Å². The summed E-state index contributed by atoms with van der Waals surface area (Å²) < 4.78 is 0. The third-order valence-corrected chi connectivity index (χ3v) is 3.81. The highest BCUT2D eigenvalue weighted by molar-refractivity contribution is 6.32. The van der Waals surface area contributed by atoms with Crippen molar-refractivity contribution in [1.29, 1.82) is 5.26 Å². The van der Waals surface area contributed by atoms with Crippen LogP contribution >= 0.6 is 11.6 Å². The Morgan fingerprint density at radius 3 is 2.60 bits per heavy atom. The van der Waals surface area contributed by atoms with Gasteiger partial charge in [-0.3, -0.25) is 14.9 Å². The van der Waals surface area contributed by atoms with Crippen LogP contribution in [0.3, 0.4) is 0 Å². The molecule has 126 valence electrons. The number of nitro groups is 1. The average Bonchev–Trinajstić information content (AvgIpc) is 2.61. The van der Waals surface area contributed by atoms with E-state index in [1.54, 1.807) is 6.92 Å². The number of hydrogen-bond donors (Lipinski definition) is 1. The molecule has 7 heteroatoms. The molecule has 0 bridgehead atoms. The van der Waals surface area contributed by atoms with Crippen LogP contribution in [-0.4, -0.2) is 10.8 Å². The van der Waals surface area contributed by atoms with Gasteiger partial charge in [0.2, 0.25) is 0 Å². The van der Waals surface area contributed by atoms with Crippen LogP contribution in [0.25, 0.3) is 6.08 Å². The van der Waals surface area contributed by atoms with E-state index in [0.717, 1.165) is 5.56 Å². The predicted molar refractivity (Wildman–Crippen MR) is 94.7 cm³/mol. The maximum absolute atomic E-state index is 12.3. The number of nitrogens with one attached hydrogen (secondary N) is 1. The van der Waals surface area contributed by atoms with Crippen molar-refractivity contribution in [2.24, 2.45) is 0 Å². The number of rotatable bonds is 5. The molecule has 2 aromatic carbocycles. The Labute approximate surface area is 149 Å². The van der Waals surface area contributed by atoms with E-state index in [0.29, 0.717) is 5.56 Å². The van der Waals surface area contributed by atoms with Gasteiger partial charge in [0.1, 0.15) is 16.7 Å². The third-order valence-electron chi connectivity index (χ3n) is 3.49. The number of hydrogen-bond acceptors (Lipinski definition) is 4. The summed E-state index contributed by atoms with van der Waals surface area (Å²) in [6.07, 6.45) is 1.29. The molecule has 0 unspecified atom stereocenters. The molecule has 2 rings (SSSR count). The topological polar surface area (TPSA) is 96.0 Å². The standard InChI is InChI=1S/C18H14ClN3O3/c1-12(14-5-3-2-4-6-14)21-18(23)15(11-20)9-13-7-8-16(19)17(10-13)22(24)25/h2-10,12H,1H3,(H,21,23)/b15-9+/t12-/m0/s1. The van der Waals surface area contributed by atoms with Crippen molar-refractivity contribution in [2.75, 3.05) is 0 Å². The summed E-state index contributed by atoms with van der Waals surface area (Å²) in [6, 6.07) is 14.9. The zero-order valence-electron chi connectivity index (χ0n) is 13.3. The fraction of sp³-hybridized carbons (Fsp3) is 0.111. The van der Waals surface area contributed by atoms with E-state index in [1.165, 1.54) is 24.3 Å². The zero-order chi connectivity index (χ0) is 18.4. The highest BCUT2D eigenvalue weighted by atomic mass is 35.5. The Morgan fingerprint density at radius 2 is 2.00 bits per heavy atom. The molecule has 0 spiro atoms. The summed E-state index contributed by atoms with van der Waals surface area (Å²) in [6.45, 7) is 1.80. The number of nitro benzene ring substituents is 1. The summed E-state index contributed by atoms with van der Waals surface area (Å²) in [7, 11) is 0.